The van der Waals surface area contributed by atoms with E-state index in [1.165, 1.54) is 14.2 Å². The van der Waals surface area contributed by atoms with Gasteiger partial charge in [0.2, 0.25) is 11.5 Å². The lowest BCUT2D eigenvalue weighted by molar-refractivity contribution is 0.302. The third-order valence-corrected chi connectivity index (χ3v) is 6.50. The molecule has 0 heterocycles. The summed E-state index contributed by atoms with van der Waals surface area (Å²) in [5.74, 6) is 1.94. The summed E-state index contributed by atoms with van der Waals surface area (Å²) in [5, 5.41) is 0. The van der Waals surface area contributed by atoms with E-state index in [1.807, 2.05) is 13.0 Å². The molecule has 2 aromatic rings. The zero-order chi connectivity index (χ0) is 21.6. The summed E-state index contributed by atoms with van der Waals surface area (Å²) in [6.45, 7) is 3.71. The highest BCUT2D eigenvalue weighted by Crippen LogP contribution is 2.49. The van der Waals surface area contributed by atoms with Gasteiger partial charge in [-0.15, -0.1) is 0 Å². The standard InChI is InChI=1S/C22H28O6S/c1-15(14-29(23,24)17-10-8-7-9-11-17)12-13-18-16(2)19(25-3)21(27-5)22(28-6)20(18)26-4/h7-12H,13-14H2,1-6H3. The lowest BCUT2D eigenvalue weighted by Crippen LogP contribution is -2.08. The maximum atomic E-state index is 12.6. The molecule has 0 aromatic heterocycles. The quantitative estimate of drug-likeness (QED) is 0.571. The first kappa shape index (κ1) is 22.6. The van der Waals surface area contributed by atoms with Crippen molar-refractivity contribution in [3.8, 4) is 23.0 Å². The van der Waals surface area contributed by atoms with Crippen LogP contribution in [0.4, 0.5) is 0 Å². The first-order valence-corrected chi connectivity index (χ1v) is 10.7. The summed E-state index contributed by atoms with van der Waals surface area (Å²) in [6, 6.07) is 8.44. The molecule has 0 aliphatic rings. The minimum absolute atomic E-state index is 0.0528. The Hall–Kier alpha value is -2.67. The van der Waals surface area contributed by atoms with Crippen molar-refractivity contribution in [3.63, 3.8) is 0 Å². The van der Waals surface area contributed by atoms with Crippen molar-refractivity contribution in [2.24, 2.45) is 0 Å². The van der Waals surface area contributed by atoms with Gasteiger partial charge in [-0.05, 0) is 32.4 Å². The summed E-state index contributed by atoms with van der Waals surface area (Å²) < 4.78 is 47.3. The molecule has 0 N–H and O–H groups in total. The van der Waals surface area contributed by atoms with Crippen LogP contribution in [0.1, 0.15) is 18.1 Å². The second kappa shape index (κ2) is 9.69. The van der Waals surface area contributed by atoms with E-state index in [2.05, 4.69) is 0 Å². The van der Waals surface area contributed by atoms with Crippen LogP contribution in [0.25, 0.3) is 0 Å². The van der Waals surface area contributed by atoms with Crippen molar-refractivity contribution in [3.05, 3.63) is 53.1 Å². The summed E-state index contributed by atoms with van der Waals surface area (Å²) in [6.07, 6.45) is 2.35. The van der Waals surface area contributed by atoms with Crippen LogP contribution in [0.5, 0.6) is 23.0 Å². The van der Waals surface area contributed by atoms with Crippen molar-refractivity contribution in [1.29, 1.82) is 0 Å². The lowest BCUT2D eigenvalue weighted by atomic mass is 10.0. The van der Waals surface area contributed by atoms with Gasteiger partial charge in [-0.3, -0.25) is 0 Å². The van der Waals surface area contributed by atoms with E-state index < -0.39 is 9.84 Å². The predicted molar refractivity (Wildman–Crippen MR) is 113 cm³/mol. The van der Waals surface area contributed by atoms with E-state index in [0.29, 0.717) is 34.3 Å². The molecule has 0 radical (unpaired) electrons. The summed E-state index contributed by atoms with van der Waals surface area (Å²) in [5.41, 5.74) is 2.43. The molecule has 7 heteroatoms. The van der Waals surface area contributed by atoms with Gasteiger partial charge in [0.05, 0.1) is 39.1 Å². The average Bonchev–Trinajstić information content (AvgIpc) is 2.72. The molecule has 0 atom stereocenters. The van der Waals surface area contributed by atoms with E-state index in [-0.39, 0.29) is 5.75 Å². The van der Waals surface area contributed by atoms with Crippen molar-refractivity contribution in [2.45, 2.75) is 25.2 Å². The van der Waals surface area contributed by atoms with Crippen LogP contribution < -0.4 is 18.9 Å². The van der Waals surface area contributed by atoms with Gasteiger partial charge in [-0.1, -0.05) is 29.8 Å². The monoisotopic (exact) mass is 420 g/mol. The van der Waals surface area contributed by atoms with Crippen molar-refractivity contribution in [1.82, 2.24) is 0 Å². The molecule has 0 aliphatic heterocycles. The van der Waals surface area contributed by atoms with Crippen LogP contribution >= 0.6 is 0 Å². The van der Waals surface area contributed by atoms with Crippen molar-refractivity contribution < 1.29 is 27.4 Å². The predicted octanol–water partition coefficient (Wildman–Crippen LogP) is 3.99. The third kappa shape index (κ3) is 4.85. The molecule has 6 nitrogen and oxygen atoms in total. The van der Waals surface area contributed by atoms with Crippen molar-refractivity contribution in [2.75, 3.05) is 34.2 Å². The van der Waals surface area contributed by atoms with Crippen molar-refractivity contribution >= 4 is 9.84 Å². The molecular weight excluding hydrogens is 392 g/mol. The molecule has 0 saturated carbocycles. The Morgan fingerprint density at radius 2 is 1.38 bits per heavy atom. The molecule has 0 bridgehead atoms. The van der Waals surface area contributed by atoms with E-state index in [9.17, 15) is 8.42 Å². The van der Waals surface area contributed by atoms with Gasteiger partial charge in [-0.2, -0.15) is 0 Å². The van der Waals surface area contributed by atoms with E-state index in [0.717, 1.165) is 16.7 Å². The van der Waals surface area contributed by atoms with Gasteiger partial charge >= 0.3 is 0 Å². The Labute approximate surface area is 173 Å². The molecule has 0 amide bonds. The zero-order valence-electron chi connectivity index (χ0n) is 17.7. The number of methoxy groups -OCH3 is 4. The number of rotatable bonds is 9. The van der Waals surface area contributed by atoms with E-state index in [1.54, 1.807) is 51.5 Å². The highest BCUT2D eigenvalue weighted by Gasteiger charge is 2.25. The molecule has 0 spiro atoms. The van der Waals surface area contributed by atoms with E-state index in [4.69, 9.17) is 18.9 Å². The molecule has 2 aromatic carbocycles. The number of allylic oxidation sites excluding steroid dienone is 1. The molecular formula is C22H28O6S. The molecule has 29 heavy (non-hydrogen) atoms. The van der Waals surface area contributed by atoms with Gasteiger partial charge in [0.25, 0.3) is 0 Å². The number of hydrogen-bond donors (Lipinski definition) is 0. The molecule has 0 unspecified atom stereocenters. The minimum atomic E-state index is -3.39. The SMILES string of the molecule is COc1c(C)c(CC=C(C)CS(=O)(=O)c2ccccc2)c(OC)c(OC)c1OC. The van der Waals surface area contributed by atoms with Crippen LogP contribution in [0, 0.1) is 6.92 Å². The number of sulfone groups is 1. The van der Waals surface area contributed by atoms with Crippen LogP contribution in [0.3, 0.4) is 0 Å². The Balaban J connectivity index is 2.41. The van der Waals surface area contributed by atoms with Gasteiger partial charge in [0, 0.05) is 11.1 Å². The molecule has 158 valence electrons. The Morgan fingerprint density at radius 1 is 0.862 bits per heavy atom. The summed E-state index contributed by atoms with van der Waals surface area (Å²) >= 11 is 0. The maximum absolute atomic E-state index is 12.6. The summed E-state index contributed by atoms with van der Waals surface area (Å²) in [4.78, 5) is 0.314. The average molecular weight is 421 g/mol. The number of benzene rings is 2. The number of ether oxygens (including phenoxy) is 4. The second-order valence-corrected chi connectivity index (χ2v) is 8.55. The van der Waals surface area contributed by atoms with Gasteiger partial charge in [-0.25, -0.2) is 8.42 Å². The highest BCUT2D eigenvalue weighted by atomic mass is 32.2. The zero-order valence-corrected chi connectivity index (χ0v) is 18.6. The Bertz CT molecular complexity index is 978. The maximum Gasteiger partial charge on any atom is 0.207 e. The first-order chi connectivity index (χ1) is 13.8. The van der Waals surface area contributed by atoms with Gasteiger partial charge in [0.15, 0.2) is 21.3 Å². The van der Waals surface area contributed by atoms with Crippen LogP contribution in [0.2, 0.25) is 0 Å². The van der Waals surface area contributed by atoms with Crippen LogP contribution in [-0.4, -0.2) is 42.6 Å². The molecule has 0 aliphatic carbocycles. The molecule has 0 fully saturated rings. The summed E-state index contributed by atoms with van der Waals surface area (Å²) in [7, 11) is 2.80. The smallest absolute Gasteiger partial charge is 0.207 e. The Morgan fingerprint density at radius 3 is 1.90 bits per heavy atom. The van der Waals surface area contributed by atoms with Crippen LogP contribution in [-0.2, 0) is 16.3 Å². The first-order valence-electron chi connectivity index (χ1n) is 9.09. The minimum Gasteiger partial charge on any atom is -0.492 e. The number of hydrogen-bond acceptors (Lipinski definition) is 6. The fourth-order valence-corrected chi connectivity index (χ4v) is 4.70. The van der Waals surface area contributed by atoms with Crippen LogP contribution in [0.15, 0.2) is 46.9 Å². The normalized spacial score (nSPS) is 11.9. The molecule has 2 rings (SSSR count). The van der Waals surface area contributed by atoms with Gasteiger partial charge in [0.1, 0.15) is 0 Å². The second-order valence-electron chi connectivity index (χ2n) is 6.56. The fraction of sp³-hybridized carbons (Fsp3) is 0.364. The highest BCUT2D eigenvalue weighted by molar-refractivity contribution is 7.91. The van der Waals surface area contributed by atoms with Gasteiger partial charge < -0.3 is 18.9 Å². The lowest BCUT2D eigenvalue weighted by Gasteiger charge is -2.21. The Kier molecular flexibility index (Phi) is 7.56. The van der Waals surface area contributed by atoms with E-state index >= 15 is 0 Å². The molecule has 0 saturated heterocycles. The fourth-order valence-electron chi connectivity index (χ4n) is 3.25. The topological polar surface area (TPSA) is 71.1 Å². The largest absolute Gasteiger partial charge is 0.492 e. The third-order valence-electron chi connectivity index (χ3n) is 4.68.